The van der Waals surface area contributed by atoms with Crippen molar-refractivity contribution >= 4 is 63.5 Å². The number of carboxylic acid groups (broad SMARTS) is 1. The number of hydrogen-bond acceptors (Lipinski definition) is 4. The quantitative estimate of drug-likeness (QED) is 0.388. The number of carboxylic acids is 1. The first-order valence-electron chi connectivity index (χ1n) is 8.90. The van der Waals surface area contributed by atoms with E-state index < -0.39 is 5.97 Å². The van der Waals surface area contributed by atoms with Gasteiger partial charge in [-0.3, -0.25) is 9.69 Å². The molecule has 0 bridgehead atoms. The van der Waals surface area contributed by atoms with Crippen LogP contribution >= 0.6 is 35.6 Å². The molecule has 3 aromatic rings. The van der Waals surface area contributed by atoms with Crippen LogP contribution in [0.15, 0.2) is 59.5 Å². The number of anilines is 1. The van der Waals surface area contributed by atoms with Crippen molar-refractivity contribution in [2.45, 2.75) is 6.92 Å². The second-order valence-corrected chi connectivity index (χ2v) is 8.77. The van der Waals surface area contributed by atoms with Gasteiger partial charge in [0, 0.05) is 11.4 Å². The third-order valence-corrected chi connectivity index (χ3v) is 6.19. The van der Waals surface area contributed by atoms with Gasteiger partial charge < -0.3 is 10.1 Å². The van der Waals surface area contributed by atoms with E-state index >= 15 is 0 Å². The van der Waals surface area contributed by atoms with E-state index in [0.717, 1.165) is 16.9 Å². The molecule has 0 saturated carbocycles. The average molecular weight is 455 g/mol. The molecule has 1 aromatic heterocycles. The Labute approximate surface area is 187 Å². The maximum absolute atomic E-state index is 12.9. The molecule has 1 amide bonds. The highest BCUT2D eigenvalue weighted by Crippen LogP contribution is 2.36. The minimum atomic E-state index is -1.09. The molecule has 0 atom stereocenters. The molecular formula is C22H15ClN2O3S2. The van der Waals surface area contributed by atoms with Gasteiger partial charge in [0.05, 0.1) is 21.2 Å². The summed E-state index contributed by atoms with van der Waals surface area (Å²) >= 11 is 12.6. The fourth-order valence-corrected chi connectivity index (χ4v) is 4.61. The Morgan fingerprint density at radius 3 is 2.73 bits per heavy atom. The summed E-state index contributed by atoms with van der Waals surface area (Å²) in [6.07, 6.45) is 1.74. The van der Waals surface area contributed by atoms with Gasteiger partial charge >= 0.3 is 5.97 Å². The minimum absolute atomic E-state index is 0.0318. The number of aromatic carboxylic acids is 1. The van der Waals surface area contributed by atoms with Gasteiger partial charge in [0.1, 0.15) is 0 Å². The van der Waals surface area contributed by atoms with Crippen LogP contribution in [0, 0.1) is 6.92 Å². The second-order valence-electron chi connectivity index (χ2n) is 6.68. The Bertz CT molecular complexity index is 1230. The molecule has 1 fully saturated rings. The van der Waals surface area contributed by atoms with E-state index in [9.17, 15) is 14.7 Å². The molecule has 2 heterocycles. The number of thioether (sulfide) groups is 1. The van der Waals surface area contributed by atoms with Crippen LogP contribution in [0.5, 0.6) is 0 Å². The van der Waals surface area contributed by atoms with Gasteiger partial charge in [-0.15, -0.1) is 0 Å². The number of benzene rings is 2. The molecule has 1 saturated heterocycles. The Morgan fingerprint density at radius 2 is 2.00 bits per heavy atom. The Balaban J connectivity index is 1.62. The van der Waals surface area contributed by atoms with E-state index in [1.807, 2.05) is 43.3 Å². The summed E-state index contributed by atoms with van der Waals surface area (Å²) in [6.45, 7) is 1.96. The monoisotopic (exact) mass is 454 g/mol. The van der Waals surface area contributed by atoms with E-state index in [-0.39, 0.29) is 16.5 Å². The molecule has 150 valence electrons. The summed E-state index contributed by atoms with van der Waals surface area (Å²) < 4.78 is 0.479. The van der Waals surface area contributed by atoms with E-state index in [4.69, 9.17) is 23.8 Å². The highest BCUT2D eigenvalue weighted by molar-refractivity contribution is 8.27. The van der Waals surface area contributed by atoms with Gasteiger partial charge in [0.15, 0.2) is 4.32 Å². The van der Waals surface area contributed by atoms with Crippen LogP contribution in [0.3, 0.4) is 0 Å². The summed E-state index contributed by atoms with van der Waals surface area (Å²) in [4.78, 5) is 29.5. The molecule has 0 radical (unpaired) electrons. The number of amides is 1. The van der Waals surface area contributed by atoms with Crippen LogP contribution in [-0.4, -0.2) is 26.3 Å². The smallest absolute Gasteiger partial charge is 0.337 e. The highest BCUT2D eigenvalue weighted by Gasteiger charge is 2.33. The number of carbonyl (C=O) groups excluding carboxylic acids is 1. The zero-order valence-electron chi connectivity index (χ0n) is 15.7. The van der Waals surface area contributed by atoms with Crippen molar-refractivity contribution < 1.29 is 14.7 Å². The minimum Gasteiger partial charge on any atom is -0.478 e. The number of halogens is 1. The summed E-state index contributed by atoms with van der Waals surface area (Å²) in [5.74, 6) is -1.26. The van der Waals surface area contributed by atoms with Crippen molar-refractivity contribution in [2.24, 2.45) is 0 Å². The molecule has 0 aliphatic carbocycles. The summed E-state index contributed by atoms with van der Waals surface area (Å²) in [7, 11) is 0. The van der Waals surface area contributed by atoms with Gasteiger partial charge in [-0.05, 0) is 60.5 Å². The first-order valence-corrected chi connectivity index (χ1v) is 10.5. The SMILES string of the molecule is Cc1cccc(N2C(=O)/C(=C/c3ccc(-c4ccc(Cl)c(C(=O)O)c4)[nH]3)SC2=S)c1. The number of thiocarbonyl (C=S) groups is 1. The first kappa shape index (κ1) is 20.4. The molecule has 0 spiro atoms. The lowest BCUT2D eigenvalue weighted by Crippen LogP contribution is -2.27. The largest absolute Gasteiger partial charge is 0.478 e. The maximum atomic E-state index is 12.9. The lowest BCUT2D eigenvalue weighted by Gasteiger charge is -2.14. The molecule has 30 heavy (non-hydrogen) atoms. The standard InChI is InChI=1S/C22H15ClN2O3S2/c1-12-3-2-4-15(9-12)25-20(26)19(30-22(25)29)11-14-6-8-18(24-14)13-5-7-17(23)16(10-13)21(27)28/h2-11,24H,1H3,(H,27,28)/b19-11-. The van der Waals surface area contributed by atoms with Gasteiger partial charge in [-0.1, -0.05) is 53.8 Å². The van der Waals surface area contributed by atoms with E-state index in [0.29, 0.717) is 20.5 Å². The molecule has 8 heteroatoms. The Hall–Kier alpha value is -2.87. The number of nitrogens with one attached hydrogen (secondary N) is 1. The molecule has 0 unspecified atom stereocenters. The summed E-state index contributed by atoms with van der Waals surface area (Å²) in [5, 5.41) is 9.44. The van der Waals surface area contributed by atoms with E-state index in [1.165, 1.54) is 22.7 Å². The van der Waals surface area contributed by atoms with Gasteiger partial charge in [-0.25, -0.2) is 4.79 Å². The lowest BCUT2D eigenvalue weighted by molar-refractivity contribution is -0.113. The van der Waals surface area contributed by atoms with Crippen molar-refractivity contribution in [3.63, 3.8) is 0 Å². The van der Waals surface area contributed by atoms with Crippen LogP contribution in [0.1, 0.15) is 21.6 Å². The fraction of sp³-hybridized carbons (Fsp3) is 0.0455. The summed E-state index contributed by atoms with van der Waals surface area (Å²) in [5.41, 5.74) is 3.93. The van der Waals surface area contributed by atoms with Crippen LogP contribution in [0.4, 0.5) is 5.69 Å². The van der Waals surface area contributed by atoms with Crippen LogP contribution in [0.2, 0.25) is 5.02 Å². The molecule has 2 aromatic carbocycles. The first-order chi connectivity index (χ1) is 14.3. The molecule has 1 aliphatic heterocycles. The van der Waals surface area contributed by atoms with Crippen molar-refractivity contribution in [1.82, 2.24) is 4.98 Å². The second kappa shape index (κ2) is 8.10. The molecule has 2 N–H and O–H groups in total. The van der Waals surface area contributed by atoms with Crippen molar-refractivity contribution in [3.05, 3.63) is 81.3 Å². The average Bonchev–Trinajstić information content (AvgIpc) is 3.26. The third-order valence-electron chi connectivity index (χ3n) is 4.56. The molecule has 1 aliphatic rings. The van der Waals surface area contributed by atoms with Gasteiger partial charge in [-0.2, -0.15) is 0 Å². The Kier molecular flexibility index (Phi) is 5.51. The Morgan fingerprint density at radius 1 is 1.20 bits per heavy atom. The third kappa shape index (κ3) is 3.92. The van der Waals surface area contributed by atoms with Crippen molar-refractivity contribution in [1.29, 1.82) is 0 Å². The summed E-state index contributed by atoms with van der Waals surface area (Å²) in [6, 6.07) is 16.1. The number of carbonyl (C=O) groups is 2. The fourth-order valence-electron chi connectivity index (χ4n) is 3.12. The number of nitrogens with zero attached hydrogens (tertiary/aromatic N) is 1. The van der Waals surface area contributed by atoms with Crippen LogP contribution in [-0.2, 0) is 4.79 Å². The number of hydrogen-bond donors (Lipinski definition) is 2. The van der Waals surface area contributed by atoms with Crippen molar-refractivity contribution in [3.8, 4) is 11.3 Å². The normalized spacial score (nSPS) is 15.3. The molecule has 4 rings (SSSR count). The van der Waals surface area contributed by atoms with Crippen LogP contribution < -0.4 is 4.90 Å². The van der Waals surface area contributed by atoms with Gasteiger partial charge in [0.2, 0.25) is 0 Å². The number of rotatable bonds is 4. The lowest BCUT2D eigenvalue weighted by atomic mass is 10.1. The predicted octanol–water partition coefficient (Wildman–Crippen LogP) is 5.75. The topological polar surface area (TPSA) is 73.4 Å². The van der Waals surface area contributed by atoms with E-state index in [2.05, 4.69) is 4.98 Å². The molecule has 5 nitrogen and oxygen atoms in total. The number of aryl methyl sites for hydroxylation is 1. The van der Waals surface area contributed by atoms with Crippen LogP contribution in [0.25, 0.3) is 17.3 Å². The zero-order valence-corrected chi connectivity index (χ0v) is 18.1. The van der Waals surface area contributed by atoms with Crippen molar-refractivity contribution in [2.75, 3.05) is 4.90 Å². The van der Waals surface area contributed by atoms with E-state index in [1.54, 1.807) is 18.2 Å². The molecular weight excluding hydrogens is 440 g/mol. The maximum Gasteiger partial charge on any atom is 0.337 e. The number of aromatic nitrogens is 1. The number of aromatic amines is 1. The number of H-pyrrole nitrogens is 1. The zero-order chi connectivity index (χ0) is 21.4. The highest BCUT2D eigenvalue weighted by atomic mass is 35.5. The van der Waals surface area contributed by atoms with Gasteiger partial charge in [0.25, 0.3) is 5.91 Å². The predicted molar refractivity (Wildman–Crippen MR) is 125 cm³/mol.